The molecule has 1 aromatic heterocycles. The minimum absolute atomic E-state index is 0.102. The van der Waals surface area contributed by atoms with Gasteiger partial charge in [0.2, 0.25) is 0 Å². The molecule has 0 aliphatic rings. The number of rotatable bonds is 9. The molecule has 24 heavy (non-hydrogen) atoms. The summed E-state index contributed by atoms with van der Waals surface area (Å²) in [5, 5.41) is 26.0. The lowest BCUT2D eigenvalue weighted by Gasteiger charge is -2.12. The van der Waals surface area contributed by atoms with Crippen LogP contribution in [0.15, 0.2) is 23.3 Å². The monoisotopic (exact) mass is 348 g/mol. The first-order valence-electron chi connectivity index (χ1n) is 6.82. The van der Waals surface area contributed by atoms with E-state index in [1.54, 1.807) is 13.2 Å². The van der Waals surface area contributed by atoms with Crippen molar-refractivity contribution in [3.8, 4) is 0 Å². The normalized spacial score (nSPS) is 11.5. The van der Waals surface area contributed by atoms with Gasteiger partial charge in [0.1, 0.15) is 16.7 Å². The highest BCUT2D eigenvalue weighted by Gasteiger charge is 2.15. The topological polar surface area (TPSA) is 170 Å². The first kappa shape index (κ1) is 19.3. The molecule has 1 rings (SSSR count). The summed E-state index contributed by atoms with van der Waals surface area (Å²) in [5.74, 6) is 0.777. The Morgan fingerprint density at radius 2 is 2.25 bits per heavy atom. The number of hydrogen-bond donors (Lipinski definition) is 6. The summed E-state index contributed by atoms with van der Waals surface area (Å²) in [6, 6.07) is 1.63. The van der Waals surface area contributed by atoms with Gasteiger partial charge in [-0.15, -0.1) is 0 Å². The van der Waals surface area contributed by atoms with Gasteiger partial charge < -0.3 is 32.3 Å². The van der Waals surface area contributed by atoms with Crippen molar-refractivity contribution >= 4 is 46.0 Å². The predicted octanol–water partition coefficient (Wildman–Crippen LogP) is 1.26. The van der Waals surface area contributed by atoms with Crippen LogP contribution < -0.4 is 16.8 Å². The van der Waals surface area contributed by atoms with Crippen molar-refractivity contribution in [2.24, 2.45) is 16.5 Å². The molecule has 0 aliphatic carbocycles. The Morgan fingerprint density at radius 3 is 2.83 bits per heavy atom. The SMILES string of the molecule is COCCNc1cc(C(=N)SC=N)c(C=N)c(/N=C(N)\C=C/N)n1. The van der Waals surface area contributed by atoms with Gasteiger partial charge in [0, 0.05) is 31.0 Å². The van der Waals surface area contributed by atoms with Crippen LogP contribution in [0.5, 0.6) is 0 Å². The minimum atomic E-state index is 0.102. The lowest BCUT2D eigenvalue weighted by molar-refractivity contribution is 0.210. The molecule has 0 aromatic carbocycles. The zero-order valence-electron chi connectivity index (χ0n) is 13.2. The molecule has 0 amide bonds. The van der Waals surface area contributed by atoms with E-state index in [9.17, 15) is 0 Å². The van der Waals surface area contributed by atoms with Gasteiger partial charge in [0.05, 0.1) is 12.2 Å². The Bertz CT molecular complexity index is 671. The third-order valence-corrected chi connectivity index (χ3v) is 3.29. The van der Waals surface area contributed by atoms with E-state index in [2.05, 4.69) is 15.3 Å². The van der Waals surface area contributed by atoms with Crippen molar-refractivity contribution < 1.29 is 4.74 Å². The maximum Gasteiger partial charge on any atom is 0.166 e. The van der Waals surface area contributed by atoms with E-state index < -0.39 is 0 Å². The van der Waals surface area contributed by atoms with Crippen LogP contribution in [-0.4, -0.2) is 47.9 Å². The lowest BCUT2D eigenvalue weighted by Crippen LogP contribution is -2.12. The standard InChI is InChI=1S/C14H20N8OS/c1-23-5-4-20-12-6-9(13(19)24-8-17)10(7-16)14(22-12)21-11(18)2-3-15/h2-3,6-8,16-17,19H,4-5,15H2,1H3,(H3,18,20,21,22)/b3-2-,16-7?,17-8?,19-13?. The molecule has 0 radical (unpaired) electrons. The van der Waals surface area contributed by atoms with Crippen LogP contribution in [0.1, 0.15) is 11.1 Å². The fourth-order valence-electron chi connectivity index (χ4n) is 1.71. The average Bonchev–Trinajstić information content (AvgIpc) is 2.55. The van der Waals surface area contributed by atoms with Crippen molar-refractivity contribution in [2.45, 2.75) is 0 Å². The molecule has 0 bridgehead atoms. The van der Waals surface area contributed by atoms with Crippen LogP contribution >= 0.6 is 11.8 Å². The maximum absolute atomic E-state index is 8.06. The summed E-state index contributed by atoms with van der Waals surface area (Å²) in [6.45, 7) is 0.992. The molecule has 1 aromatic rings. The van der Waals surface area contributed by atoms with Gasteiger partial charge in [0.15, 0.2) is 5.82 Å². The summed E-state index contributed by atoms with van der Waals surface area (Å²) in [5.41, 5.74) is 12.8. The molecule has 128 valence electrons. The molecule has 0 spiro atoms. The molecule has 9 nitrogen and oxygen atoms in total. The Balaban J connectivity index is 3.41. The van der Waals surface area contributed by atoms with Crippen LogP contribution in [0.4, 0.5) is 11.6 Å². The summed E-state index contributed by atoms with van der Waals surface area (Å²) >= 11 is 0.917. The molecule has 0 atom stereocenters. The highest BCUT2D eigenvalue weighted by Crippen LogP contribution is 2.25. The van der Waals surface area contributed by atoms with E-state index in [4.69, 9.17) is 32.4 Å². The fraction of sp³-hybridized carbons (Fsp3) is 0.214. The third kappa shape index (κ3) is 5.48. The van der Waals surface area contributed by atoms with Crippen LogP contribution in [0.3, 0.4) is 0 Å². The largest absolute Gasteiger partial charge is 0.404 e. The smallest absolute Gasteiger partial charge is 0.166 e. The molecule has 0 saturated carbocycles. The zero-order chi connectivity index (χ0) is 17.9. The number of hydrogen-bond acceptors (Lipinski definition) is 9. The van der Waals surface area contributed by atoms with Crippen LogP contribution in [0.2, 0.25) is 0 Å². The van der Waals surface area contributed by atoms with Crippen molar-refractivity contribution in [2.75, 3.05) is 25.6 Å². The molecule has 10 heteroatoms. The van der Waals surface area contributed by atoms with Crippen LogP contribution in [0.25, 0.3) is 0 Å². The van der Waals surface area contributed by atoms with E-state index in [-0.39, 0.29) is 16.7 Å². The number of thioether (sulfide) groups is 1. The number of amidine groups is 1. The molecule has 0 saturated heterocycles. The van der Waals surface area contributed by atoms with Gasteiger partial charge in [-0.1, -0.05) is 11.8 Å². The quantitative estimate of drug-likeness (QED) is 0.223. The number of ether oxygens (including phenoxy) is 1. The van der Waals surface area contributed by atoms with Gasteiger partial charge in [-0.05, 0) is 18.3 Å². The molecule has 0 unspecified atom stereocenters. The molecular formula is C14H20N8OS. The van der Waals surface area contributed by atoms with E-state index in [0.717, 1.165) is 23.5 Å². The van der Waals surface area contributed by atoms with Crippen molar-refractivity contribution in [1.82, 2.24) is 4.98 Å². The minimum Gasteiger partial charge on any atom is -0.404 e. The van der Waals surface area contributed by atoms with Crippen molar-refractivity contribution in [3.63, 3.8) is 0 Å². The number of aromatic nitrogens is 1. The Hall–Kier alpha value is -2.72. The van der Waals surface area contributed by atoms with E-state index in [1.165, 1.54) is 12.3 Å². The Labute approximate surface area is 144 Å². The predicted molar refractivity (Wildman–Crippen MR) is 100 cm³/mol. The van der Waals surface area contributed by atoms with Gasteiger partial charge in [-0.25, -0.2) is 9.98 Å². The number of pyridine rings is 1. The van der Waals surface area contributed by atoms with E-state index >= 15 is 0 Å². The summed E-state index contributed by atoms with van der Waals surface area (Å²) in [7, 11) is 1.59. The Kier molecular flexibility index (Phi) is 8.16. The second kappa shape index (κ2) is 10.1. The summed E-state index contributed by atoms with van der Waals surface area (Å²) in [4.78, 5) is 8.46. The van der Waals surface area contributed by atoms with Gasteiger partial charge in [-0.3, -0.25) is 5.41 Å². The molecule has 8 N–H and O–H groups in total. The molecular weight excluding hydrogens is 328 g/mol. The number of aliphatic imine (C=N–C) groups is 1. The number of nitrogens with two attached hydrogens (primary N) is 2. The maximum atomic E-state index is 8.06. The second-order valence-corrected chi connectivity index (χ2v) is 5.20. The summed E-state index contributed by atoms with van der Waals surface area (Å²) in [6.07, 6.45) is 3.70. The van der Waals surface area contributed by atoms with Gasteiger partial charge in [-0.2, -0.15) is 0 Å². The first-order valence-corrected chi connectivity index (χ1v) is 7.70. The third-order valence-electron chi connectivity index (χ3n) is 2.72. The van der Waals surface area contributed by atoms with Crippen LogP contribution in [-0.2, 0) is 4.74 Å². The van der Waals surface area contributed by atoms with E-state index in [1.807, 2.05) is 0 Å². The van der Waals surface area contributed by atoms with E-state index in [0.29, 0.717) is 30.1 Å². The summed E-state index contributed by atoms with van der Waals surface area (Å²) < 4.78 is 4.98. The van der Waals surface area contributed by atoms with Crippen molar-refractivity contribution in [1.29, 1.82) is 16.2 Å². The fourth-order valence-corrected chi connectivity index (χ4v) is 2.12. The average molecular weight is 348 g/mol. The highest BCUT2D eigenvalue weighted by molar-refractivity contribution is 8.25. The molecule has 1 heterocycles. The van der Waals surface area contributed by atoms with Crippen molar-refractivity contribution in [3.05, 3.63) is 29.5 Å². The number of anilines is 1. The molecule has 0 aliphatic heterocycles. The zero-order valence-corrected chi connectivity index (χ0v) is 14.0. The van der Waals surface area contributed by atoms with Gasteiger partial charge >= 0.3 is 0 Å². The van der Waals surface area contributed by atoms with Gasteiger partial charge in [0.25, 0.3) is 0 Å². The number of methoxy groups -OCH3 is 1. The van der Waals surface area contributed by atoms with Crippen LogP contribution in [0, 0.1) is 16.2 Å². The highest BCUT2D eigenvalue weighted by atomic mass is 32.2. The lowest BCUT2D eigenvalue weighted by atomic mass is 10.1. The molecule has 0 fully saturated rings. The second-order valence-electron chi connectivity index (χ2n) is 4.32. The number of nitrogens with one attached hydrogen (secondary N) is 4. The Morgan fingerprint density at radius 1 is 1.50 bits per heavy atom. The number of nitrogens with zero attached hydrogens (tertiary/aromatic N) is 2. The first-order chi connectivity index (χ1) is 11.6.